The van der Waals surface area contributed by atoms with Gasteiger partial charge in [0.25, 0.3) is 0 Å². The molecule has 4 nitrogen and oxygen atoms in total. The van der Waals surface area contributed by atoms with Crippen LogP contribution in [0.2, 0.25) is 0 Å². The highest BCUT2D eigenvalue weighted by molar-refractivity contribution is 7.15. The van der Waals surface area contributed by atoms with Crippen LogP contribution >= 0.6 is 11.3 Å². The molecule has 0 saturated heterocycles. The van der Waals surface area contributed by atoms with E-state index in [-0.39, 0.29) is 5.82 Å². The quantitative estimate of drug-likeness (QED) is 0.523. The van der Waals surface area contributed by atoms with Crippen molar-refractivity contribution < 1.29 is 13.5 Å². The lowest BCUT2D eigenvalue weighted by Crippen LogP contribution is -1.92. The summed E-state index contributed by atoms with van der Waals surface area (Å²) in [5.74, 6) is -0.239. The van der Waals surface area contributed by atoms with E-state index in [4.69, 9.17) is 4.74 Å². The molecule has 0 bridgehead atoms. The van der Waals surface area contributed by atoms with Crippen molar-refractivity contribution in [2.24, 2.45) is 5.10 Å². The number of rotatable bonds is 5. The number of aryl methyl sites for hydroxylation is 1. The normalized spacial score (nSPS) is 11.0. The van der Waals surface area contributed by atoms with Crippen LogP contribution in [0, 0.1) is 18.6 Å². The van der Waals surface area contributed by atoms with Crippen LogP contribution in [0.3, 0.4) is 0 Å². The second kappa shape index (κ2) is 7.40. The predicted octanol–water partition coefficient (Wildman–Crippen LogP) is 4.85. The topological polar surface area (TPSA) is 46.5 Å². The number of benzene rings is 2. The number of nitrogens with one attached hydrogen (secondary N) is 1. The number of hydrazone groups is 1. The Morgan fingerprint density at radius 1 is 1.16 bits per heavy atom. The van der Waals surface area contributed by atoms with Crippen LogP contribution in [-0.4, -0.2) is 18.3 Å². The van der Waals surface area contributed by atoms with Gasteiger partial charge >= 0.3 is 0 Å². The Balaban J connectivity index is 1.77. The maximum atomic E-state index is 14.2. The first-order valence-electron chi connectivity index (χ1n) is 7.43. The Morgan fingerprint density at radius 2 is 1.92 bits per heavy atom. The van der Waals surface area contributed by atoms with E-state index in [1.165, 1.54) is 36.6 Å². The molecule has 25 heavy (non-hydrogen) atoms. The molecule has 3 aromatic rings. The minimum absolute atomic E-state index is 0.299. The number of thiazole rings is 1. The van der Waals surface area contributed by atoms with Crippen molar-refractivity contribution in [3.05, 3.63) is 64.5 Å². The summed E-state index contributed by atoms with van der Waals surface area (Å²) in [6.45, 7) is 1.87. The van der Waals surface area contributed by atoms with Crippen LogP contribution in [0.4, 0.5) is 13.9 Å². The summed E-state index contributed by atoms with van der Waals surface area (Å²) in [6, 6.07) is 10.6. The van der Waals surface area contributed by atoms with Gasteiger partial charge in [-0.15, -0.1) is 11.3 Å². The van der Waals surface area contributed by atoms with Gasteiger partial charge in [0.1, 0.15) is 17.4 Å². The molecular formula is C18H15F2N3OS. The average Bonchev–Trinajstić information content (AvgIpc) is 2.97. The highest BCUT2D eigenvalue weighted by atomic mass is 32.1. The van der Waals surface area contributed by atoms with Gasteiger partial charge in [0.05, 0.1) is 19.0 Å². The Hall–Kier alpha value is -2.80. The lowest BCUT2D eigenvalue weighted by molar-refractivity contribution is 0.411. The predicted molar refractivity (Wildman–Crippen MR) is 96.4 cm³/mol. The van der Waals surface area contributed by atoms with E-state index < -0.39 is 5.82 Å². The summed E-state index contributed by atoms with van der Waals surface area (Å²) in [5.41, 5.74) is 4.54. The summed E-state index contributed by atoms with van der Waals surface area (Å²) < 4.78 is 32.1. The molecule has 0 spiro atoms. The Morgan fingerprint density at radius 3 is 2.60 bits per heavy atom. The van der Waals surface area contributed by atoms with E-state index in [0.717, 1.165) is 10.4 Å². The monoisotopic (exact) mass is 359 g/mol. The number of hydrogen-bond donors (Lipinski definition) is 1. The lowest BCUT2D eigenvalue weighted by atomic mass is 10.1. The molecular weight excluding hydrogens is 344 g/mol. The molecule has 0 unspecified atom stereocenters. The maximum absolute atomic E-state index is 14.2. The van der Waals surface area contributed by atoms with Crippen LogP contribution in [-0.2, 0) is 0 Å². The van der Waals surface area contributed by atoms with Gasteiger partial charge in [-0.2, -0.15) is 5.10 Å². The van der Waals surface area contributed by atoms with Gasteiger partial charge in [0, 0.05) is 16.5 Å². The number of nitrogens with zero attached hydrogens (tertiary/aromatic N) is 2. The van der Waals surface area contributed by atoms with Gasteiger partial charge in [-0.25, -0.2) is 13.8 Å². The van der Waals surface area contributed by atoms with Crippen LogP contribution < -0.4 is 10.2 Å². The number of ether oxygens (including phenoxy) is 1. The van der Waals surface area contributed by atoms with E-state index in [1.54, 1.807) is 30.5 Å². The fourth-order valence-corrected chi connectivity index (χ4v) is 3.00. The Bertz CT molecular complexity index is 907. The third-order valence-corrected chi connectivity index (χ3v) is 4.35. The molecule has 3 rings (SSSR count). The first-order valence-corrected chi connectivity index (χ1v) is 8.24. The van der Waals surface area contributed by atoms with Gasteiger partial charge < -0.3 is 4.74 Å². The first-order chi connectivity index (χ1) is 12.1. The van der Waals surface area contributed by atoms with Gasteiger partial charge in [0.2, 0.25) is 5.13 Å². The van der Waals surface area contributed by atoms with Crippen molar-refractivity contribution >= 4 is 22.7 Å². The molecule has 0 aliphatic heterocycles. The SMILES string of the molecule is COc1ccc(-c2nc(N/N=C/c3ccc(F)cc3)sc2C)c(F)c1. The zero-order valence-electron chi connectivity index (χ0n) is 13.6. The molecule has 0 aliphatic rings. The molecule has 0 amide bonds. The Kier molecular flexibility index (Phi) is 5.04. The van der Waals surface area contributed by atoms with Crippen molar-refractivity contribution in [3.63, 3.8) is 0 Å². The maximum Gasteiger partial charge on any atom is 0.204 e. The molecule has 0 saturated carbocycles. The van der Waals surface area contributed by atoms with Gasteiger partial charge in [-0.1, -0.05) is 12.1 Å². The summed E-state index contributed by atoms with van der Waals surface area (Å²) in [4.78, 5) is 5.26. The van der Waals surface area contributed by atoms with E-state index >= 15 is 0 Å². The van der Waals surface area contributed by atoms with Crippen LogP contribution in [0.25, 0.3) is 11.3 Å². The van der Waals surface area contributed by atoms with Crippen LogP contribution in [0.5, 0.6) is 5.75 Å². The minimum Gasteiger partial charge on any atom is -0.497 e. The molecule has 0 radical (unpaired) electrons. The van der Waals surface area contributed by atoms with Gasteiger partial charge in [-0.3, -0.25) is 5.43 Å². The third kappa shape index (κ3) is 4.00. The smallest absolute Gasteiger partial charge is 0.204 e. The van der Waals surface area contributed by atoms with Crippen molar-refractivity contribution in [3.8, 4) is 17.0 Å². The largest absolute Gasteiger partial charge is 0.497 e. The molecule has 1 heterocycles. The zero-order chi connectivity index (χ0) is 17.8. The number of aromatic nitrogens is 1. The van der Waals surface area contributed by atoms with Gasteiger partial charge in [-0.05, 0) is 36.8 Å². The molecule has 1 aromatic heterocycles. The van der Waals surface area contributed by atoms with Crippen molar-refractivity contribution in [2.45, 2.75) is 6.92 Å². The van der Waals surface area contributed by atoms with Crippen LogP contribution in [0.15, 0.2) is 47.6 Å². The van der Waals surface area contributed by atoms with Crippen molar-refractivity contribution in [2.75, 3.05) is 12.5 Å². The third-order valence-electron chi connectivity index (χ3n) is 3.47. The highest BCUT2D eigenvalue weighted by Gasteiger charge is 2.14. The molecule has 2 aromatic carbocycles. The molecule has 7 heteroatoms. The molecule has 0 fully saturated rings. The fraction of sp³-hybridized carbons (Fsp3) is 0.111. The van der Waals surface area contributed by atoms with E-state index in [2.05, 4.69) is 15.5 Å². The molecule has 128 valence electrons. The lowest BCUT2D eigenvalue weighted by Gasteiger charge is -2.04. The second-order valence-corrected chi connectivity index (χ2v) is 6.39. The van der Waals surface area contributed by atoms with E-state index in [0.29, 0.717) is 22.1 Å². The number of anilines is 1. The number of hydrogen-bond acceptors (Lipinski definition) is 5. The standard InChI is InChI=1S/C18H15F2N3OS/c1-11-17(15-8-7-14(24-2)9-16(15)20)22-18(25-11)23-21-10-12-3-5-13(19)6-4-12/h3-10H,1-2H3,(H,22,23)/b21-10+. The van der Waals surface area contributed by atoms with Crippen molar-refractivity contribution in [1.29, 1.82) is 0 Å². The Labute approximate surface area is 147 Å². The number of methoxy groups -OCH3 is 1. The molecule has 0 atom stereocenters. The van der Waals surface area contributed by atoms with Crippen LogP contribution in [0.1, 0.15) is 10.4 Å². The molecule has 0 aliphatic carbocycles. The zero-order valence-corrected chi connectivity index (χ0v) is 14.4. The average molecular weight is 359 g/mol. The first kappa shape index (κ1) is 17.0. The van der Waals surface area contributed by atoms with E-state index in [9.17, 15) is 8.78 Å². The minimum atomic E-state index is -0.394. The summed E-state index contributed by atoms with van der Waals surface area (Å²) >= 11 is 1.37. The van der Waals surface area contributed by atoms with E-state index in [1.807, 2.05) is 6.92 Å². The van der Waals surface area contributed by atoms with Gasteiger partial charge in [0.15, 0.2) is 0 Å². The summed E-state index contributed by atoms with van der Waals surface area (Å²) in [5, 5.41) is 4.62. The highest BCUT2D eigenvalue weighted by Crippen LogP contribution is 2.33. The summed E-state index contributed by atoms with van der Waals surface area (Å²) in [7, 11) is 1.49. The number of halogens is 2. The summed E-state index contributed by atoms with van der Waals surface area (Å²) in [6.07, 6.45) is 1.56. The van der Waals surface area contributed by atoms with Crippen molar-refractivity contribution in [1.82, 2.24) is 4.98 Å². The second-order valence-electron chi connectivity index (χ2n) is 5.19. The molecule has 1 N–H and O–H groups in total. The fourth-order valence-electron chi connectivity index (χ4n) is 2.22.